The summed E-state index contributed by atoms with van der Waals surface area (Å²) in [6.07, 6.45) is 4.39. The molecule has 2 aromatic heterocycles. The molecule has 0 aliphatic heterocycles. The smallest absolute Gasteiger partial charge is 0.0897 e. The molecule has 0 aliphatic carbocycles. The van der Waals surface area contributed by atoms with Gasteiger partial charge in [-0.2, -0.15) is 0 Å². The number of thiazole rings is 1. The zero-order valence-corrected chi connectivity index (χ0v) is 11.3. The van der Waals surface area contributed by atoms with E-state index in [1.165, 1.54) is 0 Å². The summed E-state index contributed by atoms with van der Waals surface area (Å²) in [5, 5.41) is 1.05. The minimum absolute atomic E-state index is 0.0140. The Bertz CT molecular complexity index is 466. The van der Waals surface area contributed by atoms with Crippen LogP contribution in [0.5, 0.6) is 0 Å². The fourth-order valence-corrected chi connectivity index (χ4v) is 2.42. The van der Waals surface area contributed by atoms with Crippen LogP contribution in [0.4, 0.5) is 0 Å². The van der Waals surface area contributed by atoms with Crippen molar-refractivity contribution in [2.45, 2.75) is 19.4 Å². The molecule has 2 aromatic rings. The summed E-state index contributed by atoms with van der Waals surface area (Å²) in [5.41, 5.74) is 7.10. The number of aromatic nitrogens is 2. The third kappa shape index (κ3) is 2.87. The van der Waals surface area contributed by atoms with Crippen molar-refractivity contribution in [2.24, 2.45) is 5.73 Å². The first-order valence-electron chi connectivity index (χ1n) is 4.93. The normalized spacial score (nSPS) is 12.7. The Labute approximate surface area is 107 Å². The van der Waals surface area contributed by atoms with Gasteiger partial charge in [0.25, 0.3) is 0 Å². The van der Waals surface area contributed by atoms with E-state index in [9.17, 15) is 0 Å². The highest BCUT2D eigenvalue weighted by Crippen LogP contribution is 2.21. The van der Waals surface area contributed by atoms with Crippen LogP contribution in [0.25, 0.3) is 0 Å². The molecule has 84 valence electrons. The Kier molecular flexibility index (Phi) is 3.68. The number of pyridine rings is 1. The van der Waals surface area contributed by atoms with Crippen molar-refractivity contribution < 1.29 is 0 Å². The van der Waals surface area contributed by atoms with Crippen LogP contribution in [0.15, 0.2) is 29.0 Å². The van der Waals surface area contributed by atoms with Crippen LogP contribution in [0.1, 0.15) is 21.6 Å². The number of nitrogens with zero attached hydrogens (tertiary/aromatic N) is 2. The lowest BCUT2D eigenvalue weighted by Crippen LogP contribution is -2.12. The van der Waals surface area contributed by atoms with Gasteiger partial charge < -0.3 is 5.73 Å². The standard InChI is InChI=1S/C11H12BrN3S/c1-7-14-6-11(16-7)10(13)4-9-3-2-8(12)5-15-9/h2-3,5-6,10H,4,13H2,1H3. The minimum atomic E-state index is -0.0140. The van der Waals surface area contributed by atoms with Gasteiger partial charge in [-0.05, 0) is 35.0 Å². The first-order chi connectivity index (χ1) is 7.65. The first-order valence-corrected chi connectivity index (χ1v) is 6.54. The summed E-state index contributed by atoms with van der Waals surface area (Å²) < 4.78 is 0.985. The van der Waals surface area contributed by atoms with Gasteiger partial charge in [-0.25, -0.2) is 4.98 Å². The largest absolute Gasteiger partial charge is 0.323 e. The Hall–Kier alpha value is -0.780. The molecule has 1 atom stereocenters. The van der Waals surface area contributed by atoms with Crippen molar-refractivity contribution in [3.63, 3.8) is 0 Å². The molecule has 0 saturated heterocycles. The Balaban J connectivity index is 2.07. The average Bonchev–Trinajstić information content (AvgIpc) is 2.68. The van der Waals surface area contributed by atoms with E-state index in [0.717, 1.165) is 26.5 Å². The third-order valence-electron chi connectivity index (χ3n) is 2.22. The molecule has 0 amide bonds. The predicted molar refractivity (Wildman–Crippen MR) is 69.4 cm³/mol. The van der Waals surface area contributed by atoms with Gasteiger partial charge in [-0.15, -0.1) is 11.3 Å². The van der Waals surface area contributed by atoms with Crippen LogP contribution in [-0.2, 0) is 6.42 Å². The summed E-state index contributed by atoms with van der Waals surface area (Å²) in [7, 11) is 0. The lowest BCUT2D eigenvalue weighted by Gasteiger charge is -2.07. The first kappa shape index (κ1) is 11.7. The molecule has 0 aliphatic rings. The lowest BCUT2D eigenvalue weighted by molar-refractivity contribution is 0.718. The molecule has 0 bridgehead atoms. The molecule has 1 unspecified atom stereocenters. The van der Waals surface area contributed by atoms with E-state index >= 15 is 0 Å². The second kappa shape index (κ2) is 5.03. The van der Waals surface area contributed by atoms with E-state index in [1.54, 1.807) is 17.5 Å². The van der Waals surface area contributed by atoms with Crippen molar-refractivity contribution in [3.05, 3.63) is 44.6 Å². The van der Waals surface area contributed by atoms with E-state index < -0.39 is 0 Å². The molecule has 16 heavy (non-hydrogen) atoms. The van der Waals surface area contributed by atoms with Gasteiger partial charge in [0.05, 0.1) is 5.01 Å². The highest BCUT2D eigenvalue weighted by molar-refractivity contribution is 9.10. The second-order valence-electron chi connectivity index (χ2n) is 3.56. The Morgan fingerprint density at radius 2 is 2.19 bits per heavy atom. The predicted octanol–water partition coefficient (Wildman–Crippen LogP) is 2.85. The summed E-state index contributed by atoms with van der Waals surface area (Å²) in [5.74, 6) is 0. The fraction of sp³-hybridized carbons (Fsp3) is 0.273. The maximum absolute atomic E-state index is 6.10. The van der Waals surface area contributed by atoms with Crippen molar-refractivity contribution >= 4 is 27.3 Å². The molecule has 0 fully saturated rings. The highest BCUT2D eigenvalue weighted by atomic mass is 79.9. The molecule has 5 heteroatoms. The topological polar surface area (TPSA) is 51.8 Å². The average molecular weight is 298 g/mol. The zero-order valence-electron chi connectivity index (χ0n) is 8.85. The number of nitrogens with two attached hydrogens (primary N) is 1. The molecule has 0 radical (unpaired) electrons. The number of halogens is 1. The zero-order chi connectivity index (χ0) is 11.5. The van der Waals surface area contributed by atoms with Crippen LogP contribution >= 0.6 is 27.3 Å². The van der Waals surface area contributed by atoms with Gasteiger partial charge in [0, 0.05) is 39.9 Å². The van der Waals surface area contributed by atoms with Crippen LogP contribution in [-0.4, -0.2) is 9.97 Å². The van der Waals surface area contributed by atoms with Gasteiger partial charge >= 0.3 is 0 Å². The molecule has 0 saturated carbocycles. The Morgan fingerprint density at radius 1 is 1.38 bits per heavy atom. The summed E-state index contributed by atoms with van der Waals surface area (Å²) >= 11 is 5.00. The van der Waals surface area contributed by atoms with Crippen molar-refractivity contribution in [1.29, 1.82) is 0 Å². The van der Waals surface area contributed by atoms with Gasteiger partial charge in [0.15, 0.2) is 0 Å². The second-order valence-corrected chi connectivity index (χ2v) is 5.74. The minimum Gasteiger partial charge on any atom is -0.323 e. The molecular formula is C11H12BrN3S. The fourth-order valence-electron chi connectivity index (χ4n) is 1.40. The summed E-state index contributed by atoms with van der Waals surface area (Å²) in [6, 6.07) is 3.95. The number of hydrogen-bond donors (Lipinski definition) is 1. The van der Waals surface area contributed by atoms with Crippen LogP contribution < -0.4 is 5.73 Å². The summed E-state index contributed by atoms with van der Waals surface area (Å²) in [4.78, 5) is 9.63. The molecular weight excluding hydrogens is 286 g/mol. The van der Waals surface area contributed by atoms with E-state index in [0.29, 0.717) is 0 Å². The van der Waals surface area contributed by atoms with Crippen LogP contribution in [0, 0.1) is 6.92 Å². The van der Waals surface area contributed by atoms with Gasteiger partial charge in [-0.3, -0.25) is 4.98 Å². The quantitative estimate of drug-likeness (QED) is 0.948. The monoisotopic (exact) mass is 297 g/mol. The number of rotatable bonds is 3. The molecule has 0 spiro atoms. The Morgan fingerprint density at radius 3 is 2.75 bits per heavy atom. The summed E-state index contributed by atoms with van der Waals surface area (Å²) in [6.45, 7) is 1.98. The van der Waals surface area contributed by atoms with Gasteiger partial charge in [0.1, 0.15) is 0 Å². The van der Waals surface area contributed by atoms with Crippen molar-refractivity contribution in [2.75, 3.05) is 0 Å². The van der Waals surface area contributed by atoms with Crippen molar-refractivity contribution in [1.82, 2.24) is 9.97 Å². The lowest BCUT2D eigenvalue weighted by atomic mass is 10.1. The maximum atomic E-state index is 6.10. The van der Waals surface area contributed by atoms with Crippen molar-refractivity contribution in [3.8, 4) is 0 Å². The van der Waals surface area contributed by atoms with E-state index in [-0.39, 0.29) is 6.04 Å². The molecule has 0 aromatic carbocycles. The number of hydrogen-bond acceptors (Lipinski definition) is 4. The number of aryl methyl sites for hydroxylation is 1. The van der Waals surface area contributed by atoms with Gasteiger partial charge in [0.2, 0.25) is 0 Å². The molecule has 2 N–H and O–H groups in total. The third-order valence-corrected chi connectivity index (χ3v) is 3.74. The van der Waals surface area contributed by atoms with E-state index in [1.807, 2.05) is 25.3 Å². The van der Waals surface area contributed by atoms with Gasteiger partial charge in [-0.1, -0.05) is 0 Å². The van der Waals surface area contributed by atoms with E-state index in [4.69, 9.17) is 5.73 Å². The van der Waals surface area contributed by atoms with Crippen LogP contribution in [0.2, 0.25) is 0 Å². The maximum Gasteiger partial charge on any atom is 0.0897 e. The molecule has 2 heterocycles. The van der Waals surface area contributed by atoms with Crippen LogP contribution in [0.3, 0.4) is 0 Å². The molecule has 2 rings (SSSR count). The molecule has 3 nitrogen and oxygen atoms in total. The highest BCUT2D eigenvalue weighted by Gasteiger charge is 2.10. The SMILES string of the molecule is Cc1ncc(C(N)Cc2ccc(Br)cn2)s1. The van der Waals surface area contributed by atoms with E-state index in [2.05, 4.69) is 25.9 Å².